The maximum Gasteiger partial charge on any atom is 0.412 e. The molecule has 0 radical (unpaired) electrons. The minimum absolute atomic E-state index is 0.133. The minimum atomic E-state index is -0.952. The lowest BCUT2D eigenvalue weighted by molar-refractivity contribution is -0.139. The van der Waals surface area contributed by atoms with E-state index in [9.17, 15) is 14.7 Å². The highest BCUT2D eigenvalue weighted by atomic mass is 35.5. The molecular weight excluding hydrogens is 306 g/mol. The van der Waals surface area contributed by atoms with Crippen molar-refractivity contribution in [1.82, 2.24) is 0 Å². The summed E-state index contributed by atoms with van der Waals surface area (Å²) in [4.78, 5) is 23.2. The summed E-state index contributed by atoms with van der Waals surface area (Å²) in [7, 11) is 0. The van der Waals surface area contributed by atoms with Crippen molar-refractivity contribution in [1.29, 1.82) is 0 Å². The molecule has 122 valence electrons. The number of halogens is 1. The molecule has 5 nitrogen and oxygen atoms in total. The molecule has 0 saturated heterocycles. The van der Waals surface area contributed by atoms with E-state index in [-0.39, 0.29) is 5.92 Å². The maximum absolute atomic E-state index is 11.8. The maximum atomic E-state index is 11.8. The molecule has 0 aliphatic carbocycles. The highest BCUT2D eigenvalue weighted by Crippen LogP contribution is 2.32. The van der Waals surface area contributed by atoms with Gasteiger partial charge < -0.3 is 9.84 Å². The van der Waals surface area contributed by atoms with Gasteiger partial charge in [0.2, 0.25) is 0 Å². The number of rotatable bonds is 4. The van der Waals surface area contributed by atoms with E-state index in [1.807, 2.05) is 13.8 Å². The van der Waals surface area contributed by atoms with Crippen LogP contribution in [0.15, 0.2) is 18.2 Å². The quantitative estimate of drug-likeness (QED) is 0.853. The van der Waals surface area contributed by atoms with Crippen LogP contribution in [0.1, 0.15) is 46.1 Å². The van der Waals surface area contributed by atoms with Crippen molar-refractivity contribution in [3.63, 3.8) is 0 Å². The number of carboxylic acid groups (broad SMARTS) is 1. The molecule has 0 bridgehead atoms. The Morgan fingerprint density at radius 3 is 2.32 bits per heavy atom. The SMILES string of the molecule is CC(C)C(C(=O)O)c1cc(NC(=O)OC(C)(C)C)ccc1Cl. The fourth-order valence-corrected chi connectivity index (χ4v) is 2.29. The van der Waals surface area contributed by atoms with E-state index >= 15 is 0 Å². The number of amides is 1. The Kier molecular flexibility index (Phi) is 5.83. The van der Waals surface area contributed by atoms with Gasteiger partial charge in [-0.05, 0) is 50.5 Å². The first-order valence-corrected chi connectivity index (χ1v) is 7.41. The van der Waals surface area contributed by atoms with Gasteiger partial charge in [0.1, 0.15) is 5.60 Å². The summed E-state index contributed by atoms with van der Waals surface area (Å²) in [5.74, 6) is -1.83. The van der Waals surface area contributed by atoms with Crippen molar-refractivity contribution < 1.29 is 19.4 Å². The monoisotopic (exact) mass is 327 g/mol. The summed E-state index contributed by atoms with van der Waals surface area (Å²) in [6.45, 7) is 8.91. The molecule has 1 aromatic rings. The summed E-state index contributed by atoms with van der Waals surface area (Å²) in [5, 5.41) is 12.3. The van der Waals surface area contributed by atoms with E-state index in [0.717, 1.165) is 0 Å². The average molecular weight is 328 g/mol. The third kappa shape index (κ3) is 5.22. The molecule has 22 heavy (non-hydrogen) atoms. The third-order valence-electron chi connectivity index (χ3n) is 2.91. The first-order valence-electron chi connectivity index (χ1n) is 7.03. The van der Waals surface area contributed by atoms with Crippen LogP contribution in [0.5, 0.6) is 0 Å². The number of aliphatic carboxylic acids is 1. The van der Waals surface area contributed by atoms with Crippen molar-refractivity contribution in [2.24, 2.45) is 5.92 Å². The molecule has 6 heteroatoms. The second kappa shape index (κ2) is 7.01. The first-order chi connectivity index (χ1) is 10.0. The number of hydrogen-bond acceptors (Lipinski definition) is 3. The molecule has 1 amide bonds. The Morgan fingerprint density at radius 2 is 1.86 bits per heavy atom. The van der Waals surface area contributed by atoms with E-state index in [2.05, 4.69) is 5.32 Å². The van der Waals surface area contributed by atoms with E-state index < -0.39 is 23.6 Å². The van der Waals surface area contributed by atoms with Crippen LogP contribution >= 0.6 is 11.6 Å². The molecular formula is C16H22ClNO4. The van der Waals surface area contributed by atoms with Crippen LogP contribution in [0.3, 0.4) is 0 Å². The van der Waals surface area contributed by atoms with Gasteiger partial charge in [-0.15, -0.1) is 0 Å². The third-order valence-corrected chi connectivity index (χ3v) is 3.25. The predicted octanol–water partition coefficient (Wildman–Crippen LogP) is 4.51. The smallest absolute Gasteiger partial charge is 0.412 e. The summed E-state index contributed by atoms with van der Waals surface area (Å²) in [6.07, 6.45) is -0.600. The highest BCUT2D eigenvalue weighted by Gasteiger charge is 2.26. The van der Waals surface area contributed by atoms with E-state index in [0.29, 0.717) is 16.3 Å². The zero-order valence-corrected chi connectivity index (χ0v) is 14.2. The summed E-state index contributed by atoms with van der Waals surface area (Å²) < 4.78 is 5.17. The van der Waals surface area contributed by atoms with Crippen LogP contribution in [-0.4, -0.2) is 22.8 Å². The molecule has 1 unspecified atom stereocenters. The second-order valence-corrected chi connectivity index (χ2v) is 6.83. The number of carboxylic acids is 1. The van der Waals surface area contributed by atoms with Crippen LogP contribution in [-0.2, 0) is 9.53 Å². The van der Waals surface area contributed by atoms with Gasteiger partial charge in [-0.3, -0.25) is 10.1 Å². The Balaban J connectivity index is 3.04. The van der Waals surface area contributed by atoms with Gasteiger partial charge in [-0.2, -0.15) is 0 Å². The van der Waals surface area contributed by atoms with Gasteiger partial charge in [-0.1, -0.05) is 25.4 Å². The number of hydrogen-bond donors (Lipinski definition) is 2. The molecule has 0 fully saturated rings. The summed E-state index contributed by atoms with van der Waals surface area (Å²) in [5.41, 5.74) is 0.305. The number of carbonyl (C=O) groups is 2. The zero-order valence-electron chi connectivity index (χ0n) is 13.4. The van der Waals surface area contributed by atoms with Crippen LogP contribution < -0.4 is 5.32 Å². The van der Waals surface area contributed by atoms with Gasteiger partial charge in [0.05, 0.1) is 5.92 Å². The normalized spacial score (nSPS) is 12.9. The topological polar surface area (TPSA) is 75.6 Å². The second-order valence-electron chi connectivity index (χ2n) is 6.42. The Labute approximate surface area is 135 Å². The molecule has 0 heterocycles. The molecule has 1 rings (SSSR count). The van der Waals surface area contributed by atoms with Gasteiger partial charge in [0.25, 0.3) is 0 Å². The van der Waals surface area contributed by atoms with E-state index in [4.69, 9.17) is 16.3 Å². The lowest BCUT2D eigenvalue weighted by Crippen LogP contribution is -2.27. The molecule has 0 spiro atoms. The summed E-state index contributed by atoms with van der Waals surface area (Å²) >= 11 is 6.11. The van der Waals surface area contributed by atoms with Crippen LogP contribution in [0, 0.1) is 5.92 Å². The Morgan fingerprint density at radius 1 is 1.27 bits per heavy atom. The largest absolute Gasteiger partial charge is 0.481 e. The fraction of sp³-hybridized carbons (Fsp3) is 0.500. The average Bonchev–Trinajstić information content (AvgIpc) is 2.29. The lowest BCUT2D eigenvalue weighted by Gasteiger charge is -2.21. The fourth-order valence-electron chi connectivity index (χ4n) is 2.06. The standard InChI is InChI=1S/C16H22ClNO4/c1-9(2)13(14(19)20)11-8-10(6-7-12(11)17)18-15(21)22-16(3,4)5/h6-9,13H,1-5H3,(H,18,21)(H,19,20). The number of benzene rings is 1. The van der Waals surface area contributed by atoms with Gasteiger partial charge in [0.15, 0.2) is 0 Å². The van der Waals surface area contributed by atoms with Crippen LogP contribution in [0.4, 0.5) is 10.5 Å². The number of carbonyl (C=O) groups excluding carboxylic acids is 1. The van der Waals surface area contributed by atoms with Crippen molar-refractivity contribution in [2.45, 2.75) is 46.1 Å². The minimum Gasteiger partial charge on any atom is -0.481 e. The number of ether oxygens (including phenoxy) is 1. The molecule has 1 aromatic carbocycles. The van der Waals surface area contributed by atoms with E-state index in [1.54, 1.807) is 39.0 Å². The summed E-state index contributed by atoms with van der Waals surface area (Å²) in [6, 6.07) is 4.75. The Bertz CT molecular complexity index is 564. The van der Waals surface area contributed by atoms with E-state index in [1.165, 1.54) is 0 Å². The van der Waals surface area contributed by atoms with Gasteiger partial charge in [-0.25, -0.2) is 4.79 Å². The molecule has 0 aromatic heterocycles. The van der Waals surface area contributed by atoms with Gasteiger partial charge >= 0.3 is 12.1 Å². The molecule has 0 aliphatic heterocycles. The lowest BCUT2D eigenvalue weighted by atomic mass is 9.88. The number of anilines is 1. The van der Waals surface area contributed by atoms with Crippen LogP contribution in [0.2, 0.25) is 5.02 Å². The number of nitrogens with one attached hydrogen (secondary N) is 1. The molecule has 2 N–H and O–H groups in total. The molecule has 0 saturated carbocycles. The predicted molar refractivity (Wildman–Crippen MR) is 86.5 cm³/mol. The molecule has 0 aliphatic rings. The highest BCUT2D eigenvalue weighted by molar-refractivity contribution is 6.31. The van der Waals surface area contributed by atoms with Crippen molar-refractivity contribution >= 4 is 29.4 Å². The zero-order chi connectivity index (χ0) is 17.1. The molecule has 1 atom stereocenters. The first kappa shape index (κ1) is 18.3. The van der Waals surface area contributed by atoms with Crippen LogP contribution in [0.25, 0.3) is 0 Å². The van der Waals surface area contributed by atoms with Crippen molar-refractivity contribution in [2.75, 3.05) is 5.32 Å². The van der Waals surface area contributed by atoms with Crippen molar-refractivity contribution in [3.05, 3.63) is 28.8 Å². The Hall–Kier alpha value is -1.75. The van der Waals surface area contributed by atoms with Crippen molar-refractivity contribution in [3.8, 4) is 0 Å². The van der Waals surface area contributed by atoms with Gasteiger partial charge in [0, 0.05) is 10.7 Å².